The molecular formula is C22H19ClN2O4. The van der Waals surface area contributed by atoms with Crippen LogP contribution in [0, 0.1) is 0 Å². The molecule has 148 valence electrons. The standard InChI is InChI=1S/C22H19ClN2O4/c1-28-16-7-5-6-14(12-16)21(26)24-15-10-11-19(20(13-15)29-2)25-22(27)17-8-3-4-9-18(17)23/h3-13H,1-2H3,(H,24,26)(H,25,27). The number of nitrogens with one attached hydrogen (secondary N) is 2. The largest absolute Gasteiger partial charge is 0.497 e. The summed E-state index contributed by atoms with van der Waals surface area (Å²) in [6, 6.07) is 18.5. The predicted molar refractivity (Wildman–Crippen MR) is 113 cm³/mol. The minimum absolute atomic E-state index is 0.293. The van der Waals surface area contributed by atoms with Crippen LogP contribution < -0.4 is 20.1 Å². The number of hydrogen-bond donors (Lipinski definition) is 2. The lowest BCUT2D eigenvalue weighted by molar-refractivity contribution is 0.101. The summed E-state index contributed by atoms with van der Waals surface area (Å²) in [5.41, 5.74) is 1.79. The number of carbonyl (C=O) groups is 2. The molecule has 0 saturated carbocycles. The molecule has 3 aromatic carbocycles. The van der Waals surface area contributed by atoms with Crippen LogP contribution in [-0.4, -0.2) is 26.0 Å². The van der Waals surface area contributed by atoms with Gasteiger partial charge in [-0.05, 0) is 42.5 Å². The number of amides is 2. The van der Waals surface area contributed by atoms with Gasteiger partial charge in [-0.2, -0.15) is 0 Å². The van der Waals surface area contributed by atoms with E-state index < -0.39 is 0 Å². The second-order valence-electron chi connectivity index (χ2n) is 6.04. The molecule has 3 rings (SSSR count). The number of hydrogen-bond acceptors (Lipinski definition) is 4. The average Bonchev–Trinajstić information content (AvgIpc) is 2.75. The van der Waals surface area contributed by atoms with E-state index in [4.69, 9.17) is 21.1 Å². The fraction of sp³-hybridized carbons (Fsp3) is 0.0909. The van der Waals surface area contributed by atoms with Crippen molar-refractivity contribution in [1.29, 1.82) is 0 Å². The Bertz CT molecular complexity index is 1050. The van der Waals surface area contributed by atoms with Gasteiger partial charge in [-0.15, -0.1) is 0 Å². The minimum atomic E-state index is -0.359. The molecule has 0 aliphatic carbocycles. The quantitative estimate of drug-likeness (QED) is 0.608. The van der Waals surface area contributed by atoms with E-state index in [0.29, 0.717) is 39.0 Å². The Balaban J connectivity index is 1.77. The molecule has 0 unspecified atom stereocenters. The fourth-order valence-corrected chi connectivity index (χ4v) is 2.90. The van der Waals surface area contributed by atoms with Crippen molar-refractivity contribution >= 4 is 34.8 Å². The van der Waals surface area contributed by atoms with Crippen LogP contribution >= 0.6 is 11.6 Å². The molecule has 3 aromatic rings. The molecule has 0 atom stereocenters. The van der Waals surface area contributed by atoms with Gasteiger partial charge < -0.3 is 20.1 Å². The number of methoxy groups -OCH3 is 2. The smallest absolute Gasteiger partial charge is 0.257 e. The topological polar surface area (TPSA) is 76.7 Å². The van der Waals surface area contributed by atoms with E-state index in [1.807, 2.05) is 0 Å². The Kier molecular flexibility index (Phi) is 6.36. The first-order valence-electron chi connectivity index (χ1n) is 8.71. The van der Waals surface area contributed by atoms with Crippen LogP contribution in [-0.2, 0) is 0 Å². The zero-order chi connectivity index (χ0) is 20.8. The monoisotopic (exact) mass is 410 g/mol. The zero-order valence-corrected chi connectivity index (χ0v) is 16.6. The van der Waals surface area contributed by atoms with Crippen molar-refractivity contribution in [3.8, 4) is 11.5 Å². The lowest BCUT2D eigenvalue weighted by Gasteiger charge is -2.13. The maximum absolute atomic E-state index is 12.5. The van der Waals surface area contributed by atoms with E-state index in [0.717, 1.165) is 0 Å². The van der Waals surface area contributed by atoms with E-state index in [9.17, 15) is 9.59 Å². The number of benzene rings is 3. The van der Waals surface area contributed by atoms with Gasteiger partial charge in [-0.3, -0.25) is 9.59 Å². The molecule has 2 N–H and O–H groups in total. The Morgan fingerprint density at radius 1 is 0.828 bits per heavy atom. The first-order valence-corrected chi connectivity index (χ1v) is 9.09. The van der Waals surface area contributed by atoms with Crippen molar-refractivity contribution < 1.29 is 19.1 Å². The molecule has 0 heterocycles. The number of rotatable bonds is 6. The van der Waals surface area contributed by atoms with Crippen LogP contribution in [0.4, 0.5) is 11.4 Å². The Hall–Kier alpha value is -3.51. The van der Waals surface area contributed by atoms with Crippen LogP contribution in [0.25, 0.3) is 0 Å². The molecular weight excluding hydrogens is 392 g/mol. The van der Waals surface area contributed by atoms with E-state index >= 15 is 0 Å². The average molecular weight is 411 g/mol. The fourth-order valence-electron chi connectivity index (χ4n) is 2.67. The van der Waals surface area contributed by atoms with Gasteiger partial charge >= 0.3 is 0 Å². The predicted octanol–water partition coefficient (Wildman–Crippen LogP) is 4.86. The highest BCUT2D eigenvalue weighted by Gasteiger charge is 2.14. The van der Waals surface area contributed by atoms with Gasteiger partial charge in [0, 0.05) is 17.3 Å². The third-order valence-electron chi connectivity index (χ3n) is 4.16. The summed E-state index contributed by atoms with van der Waals surface area (Å²) < 4.78 is 10.5. The van der Waals surface area contributed by atoms with E-state index in [2.05, 4.69) is 10.6 Å². The highest BCUT2D eigenvalue weighted by Crippen LogP contribution is 2.29. The second kappa shape index (κ2) is 9.12. The Morgan fingerprint density at radius 2 is 1.62 bits per heavy atom. The summed E-state index contributed by atoms with van der Waals surface area (Å²) >= 11 is 6.07. The van der Waals surface area contributed by atoms with Crippen molar-refractivity contribution in [2.45, 2.75) is 0 Å². The maximum Gasteiger partial charge on any atom is 0.257 e. The van der Waals surface area contributed by atoms with Crippen LogP contribution in [0.3, 0.4) is 0 Å². The number of carbonyl (C=O) groups excluding carboxylic acids is 2. The lowest BCUT2D eigenvalue weighted by Crippen LogP contribution is -2.14. The van der Waals surface area contributed by atoms with Crippen LogP contribution in [0.2, 0.25) is 5.02 Å². The van der Waals surface area contributed by atoms with Gasteiger partial charge in [0.05, 0.1) is 30.5 Å². The van der Waals surface area contributed by atoms with Gasteiger partial charge in [0.1, 0.15) is 11.5 Å². The van der Waals surface area contributed by atoms with Crippen molar-refractivity contribution in [1.82, 2.24) is 0 Å². The second-order valence-corrected chi connectivity index (χ2v) is 6.44. The number of anilines is 2. The maximum atomic E-state index is 12.5. The highest BCUT2D eigenvalue weighted by atomic mass is 35.5. The first kappa shape index (κ1) is 20.2. The molecule has 0 radical (unpaired) electrons. The van der Waals surface area contributed by atoms with Crippen LogP contribution in [0.1, 0.15) is 20.7 Å². The summed E-state index contributed by atoms with van der Waals surface area (Å²) in [7, 11) is 3.02. The van der Waals surface area contributed by atoms with Gasteiger partial charge in [-0.25, -0.2) is 0 Å². The lowest BCUT2D eigenvalue weighted by atomic mass is 10.1. The normalized spacial score (nSPS) is 10.2. The van der Waals surface area contributed by atoms with Gasteiger partial charge in [-0.1, -0.05) is 29.8 Å². The van der Waals surface area contributed by atoms with Crippen molar-refractivity contribution in [2.75, 3.05) is 24.9 Å². The zero-order valence-electron chi connectivity index (χ0n) is 15.9. The summed E-state index contributed by atoms with van der Waals surface area (Å²) in [6.45, 7) is 0. The molecule has 0 fully saturated rings. The summed E-state index contributed by atoms with van der Waals surface area (Å²) in [6.07, 6.45) is 0. The number of halogens is 1. The van der Waals surface area contributed by atoms with E-state index in [-0.39, 0.29) is 11.8 Å². The molecule has 0 aliphatic rings. The molecule has 6 nitrogen and oxygen atoms in total. The highest BCUT2D eigenvalue weighted by molar-refractivity contribution is 6.34. The van der Waals surface area contributed by atoms with Gasteiger partial charge in [0.15, 0.2) is 0 Å². The molecule has 2 amide bonds. The van der Waals surface area contributed by atoms with Crippen molar-refractivity contribution in [2.24, 2.45) is 0 Å². The third-order valence-corrected chi connectivity index (χ3v) is 4.49. The third kappa shape index (κ3) is 4.86. The molecule has 0 aromatic heterocycles. The van der Waals surface area contributed by atoms with E-state index in [1.54, 1.807) is 66.7 Å². The SMILES string of the molecule is COc1cccc(C(=O)Nc2ccc(NC(=O)c3ccccc3Cl)c(OC)c2)c1. The molecule has 29 heavy (non-hydrogen) atoms. The molecule has 7 heteroatoms. The molecule has 0 aliphatic heterocycles. The summed E-state index contributed by atoms with van der Waals surface area (Å²) in [5, 5.41) is 5.92. The van der Waals surface area contributed by atoms with Crippen molar-refractivity contribution in [3.05, 3.63) is 82.9 Å². The van der Waals surface area contributed by atoms with Gasteiger partial charge in [0.25, 0.3) is 11.8 Å². The Labute approximate surface area is 173 Å². The first-order chi connectivity index (χ1) is 14.0. The molecule has 0 saturated heterocycles. The molecule has 0 bridgehead atoms. The summed E-state index contributed by atoms with van der Waals surface area (Å²) in [4.78, 5) is 25.0. The molecule has 0 spiro atoms. The van der Waals surface area contributed by atoms with Crippen LogP contribution in [0.5, 0.6) is 11.5 Å². The van der Waals surface area contributed by atoms with E-state index in [1.165, 1.54) is 14.2 Å². The van der Waals surface area contributed by atoms with Gasteiger partial charge in [0.2, 0.25) is 0 Å². The number of ether oxygens (including phenoxy) is 2. The summed E-state index contributed by atoms with van der Waals surface area (Å²) in [5.74, 6) is 0.336. The Morgan fingerprint density at radius 3 is 2.34 bits per heavy atom. The van der Waals surface area contributed by atoms with Crippen LogP contribution in [0.15, 0.2) is 66.7 Å². The van der Waals surface area contributed by atoms with Crippen molar-refractivity contribution in [3.63, 3.8) is 0 Å². The minimum Gasteiger partial charge on any atom is -0.497 e.